The molecule has 1 amide bonds. The van der Waals surface area contributed by atoms with E-state index in [-0.39, 0.29) is 11.9 Å². The van der Waals surface area contributed by atoms with Gasteiger partial charge in [-0.25, -0.2) is 0 Å². The van der Waals surface area contributed by atoms with Crippen molar-refractivity contribution in [1.29, 1.82) is 0 Å². The molecular weight excluding hydrogens is 410 g/mol. The Morgan fingerprint density at radius 1 is 1.18 bits per heavy atom. The number of benzene rings is 2. The monoisotopic (exact) mass is 447 g/mol. The van der Waals surface area contributed by atoms with Gasteiger partial charge in [-0.3, -0.25) is 9.69 Å². The van der Waals surface area contributed by atoms with Crippen LogP contribution in [0.3, 0.4) is 0 Å². The number of amides is 1. The van der Waals surface area contributed by atoms with Crippen LogP contribution in [-0.2, 0) is 9.53 Å². The summed E-state index contributed by atoms with van der Waals surface area (Å²) in [5, 5.41) is 9.09. The number of carbonyl (C=O) groups is 1. The number of rotatable bonds is 9. The maximum atomic E-state index is 12.5. The third-order valence-corrected chi connectivity index (χ3v) is 6.03. The number of allylic oxidation sites excluding steroid dienone is 1. The number of carbonyl (C=O) groups excluding carboxylic acids is 1. The minimum absolute atomic E-state index is 0.0203. The van der Waals surface area contributed by atoms with Crippen molar-refractivity contribution in [3.8, 4) is 11.8 Å². The van der Waals surface area contributed by atoms with Crippen LogP contribution in [0.5, 0.6) is 0 Å². The van der Waals surface area contributed by atoms with Crippen molar-refractivity contribution in [3.05, 3.63) is 60.2 Å². The molecule has 1 fully saturated rings. The van der Waals surface area contributed by atoms with E-state index in [4.69, 9.17) is 4.74 Å². The summed E-state index contributed by atoms with van der Waals surface area (Å²) in [6.07, 6.45) is 4.77. The molecule has 5 heteroatoms. The molecule has 0 spiro atoms. The Hall–Kier alpha value is -2.65. The van der Waals surface area contributed by atoms with Gasteiger partial charge in [0, 0.05) is 32.2 Å². The van der Waals surface area contributed by atoms with Gasteiger partial charge in [0.05, 0.1) is 13.2 Å². The van der Waals surface area contributed by atoms with Crippen molar-refractivity contribution >= 4 is 16.7 Å². The van der Waals surface area contributed by atoms with Gasteiger partial charge in [0.2, 0.25) is 5.91 Å². The Morgan fingerprint density at radius 2 is 1.94 bits per heavy atom. The SMILES string of the molecule is C[C@@H](NCC=CC#CC(C)(C)C(=O)NCCCN1CCOCC1)c1cccc2ccccc12. The molecule has 0 radical (unpaired) electrons. The molecule has 0 unspecified atom stereocenters. The van der Waals surface area contributed by atoms with Gasteiger partial charge in [0.15, 0.2) is 0 Å². The Balaban J connectivity index is 1.39. The fourth-order valence-electron chi connectivity index (χ4n) is 3.93. The number of morpholine rings is 1. The summed E-state index contributed by atoms with van der Waals surface area (Å²) in [4.78, 5) is 14.9. The Morgan fingerprint density at radius 3 is 2.76 bits per heavy atom. The normalized spacial score (nSPS) is 15.8. The van der Waals surface area contributed by atoms with Crippen LogP contribution in [0.4, 0.5) is 0 Å². The molecule has 33 heavy (non-hydrogen) atoms. The number of hydrogen-bond donors (Lipinski definition) is 2. The van der Waals surface area contributed by atoms with Crippen molar-refractivity contribution in [3.63, 3.8) is 0 Å². The molecule has 1 atom stereocenters. The average molecular weight is 448 g/mol. The van der Waals surface area contributed by atoms with Crippen LogP contribution in [0, 0.1) is 17.3 Å². The number of ether oxygens (including phenoxy) is 1. The summed E-state index contributed by atoms with van der Waals surface area (Å²) in [5.41, 5.74) is 0.575. The highest BCUT2D eigenvalue weighted by Crippen LogP contribution is 2.23. The van der Waals surface area contributed by atoms with Crippen LogP contribution in [0.15, 0.2) is 54.6 Å². The highest BCUT2D eigenvalue weighted by atomic mass is 16.5. The molecule has 0 saturated carbocycles. The molecule has 2 aromatic carbocycles. The third-order valence-electron chi connectivity index (χ3n) is 6.03. The standard InChI is InChI=1S/C28H37N3O2/c1-23(25-14-9-12-24-11-5-6-13-26(24)25)29-16-8-4-7-15-28(2,3)27(32)30-17-10-18-31-19-21-33-22-20-31/h4-6,8-9,11-14,23,29H,10,16-22H2,1-3H3,(H,30,32)/t23-/m1/s1. The summed E-state index contributed by atoms with van der Waals surface area (Å²) in [6.45, 7) is 11.9. The lowest BCUT2D eigenvalue weighted by atomic mass is 9.93. The molecule has 0 aromatic heterocycles. The minimum atomic E-state index is -0.715. The van der Waals surface area contributed by atoms with E-state index in [1.165, 1.54) is 16.3 Å². The molecule has 2 N–H and O–H groups in total. The van der Waals surface area contributed by atoms with Crippen molar-refractivity contribution in [2.24, 2.45) is 5.41 Å². The summed E-state index contributed by atoms with van der Waals surface area (Å²) < 4.78 is 5.36. The molecule has 176 valence electrons. The van der Waals surface area contributed by atoms with Gasteiger partial charge in [-0.1, -0.05) is 60.4 Å². The predicted octanol–water partition coefficient (Wildman–Crippen LogP) is 3.91. The van der Waals surface area contributed by atoms with Crippen molar-refractivity contribution in [2.75, 3.05) is 45.9 Å². The van der Waals surface area contributed by atoms with E-state index in [2.05, 4.69) is 76.8 Å². The third kappa shape index (κ3) is 7.71. The van der Waals surface area contributed by atoms with Crippen molar-refractivity contribution in [2.45, 2.75) is 33.2 Å². The average Bonchev–Trinajstić information content (AvgIpc) is 2.84. The smallest absolute Gasteiger partial charge is 0.237 e. The van der Waals surface area contributed by atoms with E-state index in [0.717, 1.165) is 39.3 Å². The van der Waals surface area contributed by atoms with Gasteiger partial charge in [0.25, 0.3) is 0 Å². The molecule has 3 rings (SSSR count). The van der Waals surface area contributed by atoms with Gasteiger partial charge in [-0.15, -0.1) is 0 Å². The van der Waals surface area contributed by atoms with E-state index < -0.39 is 5.41 Å². The number of nitrogens with zero attached hydrogens (tertiary/aromatic N) is 1. The van der Waals surface area contributed by atoms with E-state index in [0.29, 0.717) is 13.1 Å². The Labute approximate surface area is 198 Å². The lowest BCUT2D eigenvalue weighted by Crippen LogP contribution is -2.40. The van der Waals surface area contributed by atoms with Gasteiger partial charge in [0.1, 0.15) is 5.41 Å². The van der Waals surface area contributed by atoms with Crippen LogP contribution in [0.1, 0.15) is 38.8 Å². The topological polar surface area (TPSA) is 53.6 Å². The zero-order valence-electron chi connectivity index (χ0n) is 20.2. The number of nitrogens with one attached hydrogen (secondary N) is 2. The largest absolute Gasteiger partial charge is 0.379 e. The molecular formula is C28H37N3O2. The molecule has 1 heterocycles. The fraction of sp³-hybridized carbons (Fsp3) is 0.464. The van der Waals surface area contributed by atoms with E-state index >= 15 is 0 Å². The van der Waals surface area contributed by atoms with E-state index in [1.54, 1.807) is 0 Å². The van der Waals surface area contributed by atoms with Gasteiger partial charge >= 0.3 is 0 Å². The maximum Gasteiger partial charge on any atom is 0.237 e. The van der Waals surface area contributed by atoms with Gasteiger partial charge < -0.3 is 15.4 Å². The van der Waals surface area contributed by atoms with E-state index in [1.807, 2.05) is 26.0 Å². The highest BCUT2D eigenvalue weighted by molar-refractivity contribution is 5.86. The number of hydrogen-bond acceptors (Lipinski definition) is 4. The first-order valence-corrected chi connectivity index (χ1v) is 11.9. The van der Waals surface area contributed by atoms with Gasteiger partial charge in [-0.2, -0.15) is 0 Å². The lowest BCUT2D eigenvalue weighted by molar-refractivity contribution is -0.126. The predicted molar refractivity (Wildman–Crippen MR) is 136 cm³/mol. The first kappa shape index (κ1) is 25.0. The summed E-state index contributed by atoms with van der Waals surface area (Å²) in [6, 6.07) is 15.1. The zero-order valence-corrected chi connectivity index (χ0v) is 20.2. The molecule has 1 aliphatic rings. The Kier molecular flexibility index (Phi) is 9.50. The Bertz CT molecular complexity index is 992. The van der Waals surface area contributed by atoms with Crippen LogP contribution >= 0.6 is 0 Å². The lowest BCUT2D eigenvalue weighted by Gasteiger charge is -2.26. The number of fused-ring (bicyclic) bond motifs is 1. The van der Waals surface area contributed by atoms with Crippen LogP contribution < -0.4 is 10.6 Å². The van der Waals surface area contributed by atoms with Crippen LogP contribution in [0.2, 0.25) is 0 Å². The first-order valence-electron chi connectivity index (χ1n) is 11.9. The van der Waals surface area contributed by atoms with Crippen molar-refractivity contribution < 1.29 is 9.53 Å². The second-order valence-corrected chi connectivity index (χ2v) is 9.06. The molecule has 1 saturated heterocycles. The minimum Gasteiger partial charge on any atom is -0.379 e. The van der Waals surface area contributed by atoms with E-state index in [9.17, 15) is 4.79 Å². The van der Waals surface area contributed by atoms with Gasteiger partial charge in [-0.05, 0) is 56.1 Å². The second kappa shape index (κ2) is 12.6. The molecule has 1 aliphatic heterocycles. The maximum absolute atomic E-state index is 12.5. The summed E-state index contributed by atoms with van der Waals surface area (Å²) in [5.74, 6) is 6.11. The molecule has 2 aromatic rings. The fourth-order valence-corrected chi connectivity index (χ4v) is 3.93. The molecule has 5 nitrogen and oxygen atoms in total. The van der Waals surface area contributed by atoms with Crippen LogP contribution in [-0.4, -0.2) is 56.7 Å². The first-order chi connectivity index (χ1) is 16.0. The second-order valence-electron chi connectivity index (χ2n) is 9.06. The molecule has 0 aliphatic carbocycles. The zero-order chi connectivity index (χ0) is 23.5. The quantitative estimate of drug-likeness (QED) is 0.452. The highest BCUT2D eigenvalue weighted by Gasteiger charge is 2.24. The van der Waals surface area contributed by atoms with Crippen molar-refractivity contribution in [1.82, 2.24) is 15.5 Å². The summed E-state index contributed by atoms with van der Waals surface area (Å²) >= 11 is 0. The molecule has 0 bridgehead atoms. The summed E-state index contributed by atoms with van der Waals surface area (Å²) in [7, 11) is 0. The van der Waals surface area contributed by atoms with Crippen LogP contribution in [0.25, 0.3) is 10.8 Å².